The van der Waals surface area contributed by atoms with Gasteiger partial charge in [-0.3, -0.25) is 0 Å². The van der Waals surface area contributed by atoms with Crippen molar-refractivity contribution in [3.05, 3.63) is 23.2 Å². The third-order valence-corrected chi connectivity index (χ3v) is 3.67. The summed E-state index contributed by atoms with van der Waals surface area (Å²) in [5.41, 5.74) is 7.10. The maximum Gasteiger partial charge on any atom is 0.201 e. The Balaban J connectivity index is 2.47. The molecule has 2 aromatic rings. The molecule has 0 saturated heterocycles. The van der Waals surface area contributed by atoms with Crippen LogP contribution in [0.25, 0.3) is 11.0 Å². The van der Waals surface area contributed by atoms with E-state index in [2.05, 4.69) is 4.98 Å². The minimum Gasteiger partial charge on any atom is -0.369 e. The van der Waals surface area contributed by atoms with Gasteiger partial charge in [-0.05, 0) is 12.1 Å². The topological polar surface area (TPSA) is 78.0 Å². The zero-order valence-electron chi connectivity index (χ0n) is 9.22. The molecule has 5 nitrogen and oxygen atoms in total. The quantitative estimate of drug-likeness (QED) is 0.915. The molecule has 0 aliphatic carbocycles. The number of sulfone groups is 1. The largest absolute Gasteiger partial charge is 0.369 e. The number of nitrogens with two attached hydrogens (primary N) is 1. The Morgan fingerprint density at radius 2 is 2.18 bits per heavy atom. The molecule has 0 atom stereocenters. The normalized spacial score (nSPS) is 12.1. The number of rotatable bonds is 3. The highest BCUT2D eigenvalue weighted by atomic mass is 35.5. The molecule has 0 saturated carbocycles. The van der Waals surface area contributed by atoms with Gasteiger partial charge in [0.05, 0.1) is 16.3 Å². The first kappa shape index (κ1) is 12.2. The molecule has 7 heteroatoms. The van der Waals surface area contributed by atoms with Gasteiger partial charge < -0.3 is 10.3 Å². The first-order valence-corrected chi connectivity index (χ1v) is 7.40. The lowest BCUT2D eigenvalue weighted by molar-refractivity contribution is 0.596. The van der Waals surface area contributed by atoms with Crippen molar-refractivity contribution in [1.82, 2.24) is 9.55 Å². The summed E-state index contributed by atoms with van der Waals surface area (Å²) in [6.07, 6.45) is 1.19. The molecule has 0 fully saturated rings. The smallest absolute Gasteiger partial charge is 0.201 e. The first-order chi connectivity index (χ1) is 7.88. The van der Waals surface area contributed by atoms with Gasteiger partial charge in [0, 0.05) is 12.8 Å². The van der Waals surface area contributed by atoms with Crippen molar-refractivity contribution in [2.45, 2.75) is 6.54 Å². The van der Waals surface area contributed by atoms with Crippen LogP contribution in [0.2, 0.25) is 5.02 Å². The SMILES string of the molecule is CS(=O)(=O)CCn1c(N)nc2c(Cl)cccc21. The third kappa shape index (κ3) is 2.53. The Morgan fingerprint density at radius 3 is 2.82 bits per heavy atom. The van der Waals surface area contributed by atoms with Crippen LogP contribution in [-0.4, -0.2) is 30.0 Å². The molecular formula is C10H12ClN3O2S. The third-order valence-electron chi connectivity index (χ3n) is 2.44. The van der Waals surface area contributed by atoms with Crippen LogP contribution < -0.4 is 5.73 Å². The fraction of sp³-hybridized carbons (Fsp3) is 0.300. The van der Waals surface area contributed by atoms with E-state index < -0.39 is 9.84 Å². The number of nitrogen functional groups attached to an aromatic ring is 1. The standard InChI is InChI=1S/C10H12ClN3O2S/c1-17(15,16)6-5-14-8-4-2-3-7(11)9(8)13-10(14)12/h2-4H,5-6H2,1H3,(H2,12,13). The molecule has 17 heavy (non-hydrogen) atoms. The lowest BCUT2D eigenvalue weighted by Crippen LogP contribution is -2.12. The van der Waals surface area contributed by atoms with Gasteiger partial charge >= 0.3 is 0 Å². The number of benzene rings is 1. The monoisotopic (exact) mass is 273 g/mol. The predicted molar refractivity (Wildman–Crippen MR) is 68.9 cm³/mol. The maximum atomic E-state index is 11.1. The van der Waals surface area contributed by atoms with Gasteiger partial charge in [-0.25, -0.2) is 13.4 Å². The summed E-state index contributed by atoms with van der Waals surface area (Å²) in [4.78, 5) is 4.13. The summed E-state index contributed by atoms with van der Waals surface area (Å²) in [6.45, 7) is 0.279. The van der Waals surface area contributed by atoms with Gasteiger partial charge in [0.25, 0.3) is 0 Å². The average Bonchev–Trinajstić information content (AvgIpc) is 2.52. The van der Waals surface area contributed by atoms with E-state index in [1.54, 1.807) is 16.7 Å². The fourth-order valence-corrected chi connectivity index (χ4v) is 2.35. The van der Waals surface area contributed by atoms with Crippen molar-refractivity contribution >= 4 is 38.4 Å². The molecule has 0 spiro atoms. The summed E-state index contributed by atoms with van der Waals surface area (Å²) in [5, 5.41) is 0.507. The molecule has 0 aliphatic heterocycles. The Hall–Kier alpha value is -1.27. The second kappa shape index (κ2) is 4.19. The van der Waals surface area contributed by atoms with Gasteiger partial charge in [0.15, 0.2) is 0 Å². The van der Waals surface area contributed by atoms with E-state index in [0.29, 0.717) is 10.5 Å². The van der Waals surface area contributed by atoms with Gasteiger partial charge in [0.1, 0.15) is 15.4 Å². The summed E-state index contributed by atoms with van der Waals surface area (Å²) < 4.78 is 23.9. The Labute approximate surface area is 104 Å². The summed E-state index contributed by atoms with van der Waals surface area (Å²) in [5.74, 6) is 0.298. The minimum absolute atomic E-state index is 0.0230. The number of aryl methyl sites for hydroxylation is 1. The zero-order valence-corrected chi connectivity index (χ0v) is 10.8. The van der Waals surface area contributed by atoms with Crippen LogP contribution >= 0.6 is 11.6 Å². The number of aromatic nitrogens is 2. The van der Waals surface area contributed by atoms with E-state index in [9.17, 15) is 8.42 Å². The number of imidazole rings is 1. The molecule has 1 aromatic carbocycles. The highest BCUT2D eigenvalue weighted by molar-refractivity contribution is 7.90. The van der Waals surface area contributed by atoms with Crippen molar-refractivity contribution in [1.29, 1.82) is 0 Å². The van der Waals surface area contributed by atoms with Crippen LogP contribution in [0.5, 0.6) is 0 Å². The van der Waals surface area contributed by atoms with Gasteiger partial charge in [-0.15, -0.1) is 0 Å². The molecular weight excluding hydrogens is 262 g/mol. The van der Waals surface area contributed by atoms with E-state index in [-0.39, 0.29) is 18.2 Å². The summed E-state index contributed by atoms with van der Waals surface area (Å²) in [6, 6.07) is 5.31. The molecule has 0 amide bonds. The number of hydrogen-bond donors (Lipinski definition) is 1. The predicted octanol–water partition coefficient (Wildman–Crippen LogP) is 1.32. The average molecular weight is 274 g/mol. The fourth-order valence-electron chi connectivity index (χ4n) is 1.62. The van der Waals surface area contributed by atoms with E-state index in [0.717, 1.165) is 5.52 Å². The molecule has 92 valence electrons. The number of nitrogens with zero attached hydrogens (tertiary/aromatic N) is 2. The van der Waals surface area contributed by atoms with Crippen molar-refractivity contribution in [3.63, 3.8) is 0 Å². The molecule has 0 radical (unpaired) electrons. The molecule has 2 rings (SSSR count). The molecule has 0 unspecified atom stereocenters. The zero-order chi connectivity index (χ0) is 12.6. The number of fused-ring (bicyclic) bond motifs is 1. The lowest BCUT2D eigenvalue weighted by atomic mass is 10.3. The molecule has 0 bridgehead atoms. The molecule has 1 heterocycles. The molecule has 1 aromatic heterocycles. The second-order valence-electron chi connectivity index (χ2n) is 3.86. The second-order valence-corrected chi connectivity index (χ2v) is 6.53. The Kier molecular flexibility index (Phi) is 3.01. The Bertz CT molecular complexity index is 663. The molecule has 0 aliphatic rings. The number of para-hydroxylation sites is 1. The van der Waals surface area contributed by atoms with Crippen LogP contribution in [-0.2, 0) is 16.4 Å². The summed E-state index contributed by atoms with van der Waals surface area (Å²) in [7, 11) is -3.03. The Morgan fingerprint density at radius 1 is 1.47 bits per heavy atom. The van der Waals surface area contributed by atoms with Gasteiger partial charge in [-0.1, -0.05) is 17.7 Å². The number of halogens is 1. The minimum atomic E-state index is -3.03. The summed E-state index contributed by atoms with van der Waals surface area (Å²) >= 11 is 5.98. The van der Waals surface area contributed by atoms with Crippen molar-refractivity contribution < 1.29 is 8.42 Å². The van der Waals surface area contributed by atoms with Crippen LogP contribution in [0, 0.1) is 0 Å². The van der Waals surface area contributed by atoms with E-state index in [1.807, 2.05) is 6.07 Å². The highest BCUT2D eigenvalue weighted by Gasteiger charge is 2.12. The van der Waals surface area contributed by atoms with Gasteiger partial charge in [-0.2, -0.15) is 0 Å². The number of anilines is 1. The van der Waals surface area contributed by atoms with Crippen molar-refractivity contribution in [2.75, 3.05) is 17.7 Å². The molecule has 2 N–H and O–H groups in total. The first-order valence-electron chi connectivity index (χ1n) is 4.96. The van der Waals surface area contributed by atoms with Gasteiger partial charge in [0.2, 0.25) is 5.95 Å². The number of hydrogen-bond acceptors (Lipinski definition) is 4. The van der Waals surface area contributed by atoms with Crippen LogP contribution in [0.1, 0.15) is 0 Å². The lowest BCUT2D eigenvalue weighted by Gasteiger charge is -2.05. The van der Waals surface area contributed by atoms with E-state index >= 15 is 0 Å². The van der Waals surface area contributed by atoms with E-state index in [1.165, 1.54) is 6.26 Å². The van der Waals surface area contributed by atoms with Crippen LogP contribution in [0.15, 0.2) is 18.2 Å². The highest BCUT2D eigenvalue weighted by Crippen LogP contribution is 2.24. The van der Waals surface area contributed by atoms with Crippen LogP contribution in [0.3, 0.4) is 0 Å². The van der Waals surface area contributed by atoms with Crippen molar-refractivity contribution in [3.8, 4) is 0 Å². The maximum absolute atomic E-state index is 11.1. The van der Waals surface area contributed by atoms with Crippen LogP contribution in [0.4, 0.5) is 5.95 Å². The van der Waals surface area contributed by atoms with Crippen molar-refractivity contribution in [2.24, 2.45) is 0 Å². The van der Waals surface area contributed by atoms with E-state index in [4.69, 9.17) is 17.3 Å².